The molecule has 3 fully saturated rings. The van der Waals surface area contributed by atoms with Gasteiger partial charge in [-0.05, 0) is 49.8 Å². The van der Waals surface area contributed by atoms with Gasteiger partial charge in [0.2, 0.25) is 17.7 Å². The normalized spacial score (nSPS) is 35.5. The van der Waals surface area contributed by atoms with Gasteiger partial charge in [-0.25, -0.2) is 0 Å². The SMILES string of the molecule is Cc1ccc(NC(=O)[C@@H](C)N2C(=O)[C@H]3[C@@H]4C[C@H]([C@@H](Br)[C@H]4Br)[C@@H]3C2=O)cc1Cl. The Balaban J connectivity index is 1.53. The van der Waals surface area contributed by atoms with Crippen LogP contribution in [-0.2, 0) is 14.4 Å². The summed E-state index contributed by atoms with van der Waals surface area (Å²) in [6.45, 7) is 3.47. The van der Waals surface area contributed by atoms with Gasteiger partial charge >= 0.3 is 0 Å². The number of likely N-dealkylation sites (tertiary alicyclic amines) is 1. The number of alkyl halides is 2. The summed E-state index contributed by atoms with van der Waals surface area (Å²) in [5, 5.41) is 3.31. The highest BCUT2D eigenvalue weighted by Crippen LogP contribution is 2.60. The van der Waals surface area contributed by atoms with Crippen LogP contribution in [0.25, 0.3) is 0 Å². The lowest BCUT2D eigenvalue weighted by Gasteiger charge is -2.28. The zero-order chi connectivity index (χ0) is 19.6. The molecule has 0 spiro atoms. The second-order valence-corrected chi connectivity index (χ2v) is 10.2. The number of hydrogen-bond donors (Lipinski definition) is 1. The fraction of sp³-hybridized carbons (Fsp3) is 0.526. The molecule has 1 saturated heterocycles. The Labute approximate surface area is 179 Å². The molecule has 2 aliphatic carbocycles. The second-order valence-electron chi connectivity index (χ2n) is 7.68. The monoisotopic (exact) mass is 516 g/mol. The van der Waals surface area contributed by atoms with Crippen molar-refractivity contribution in [3.8, 4) is 0 Å². The topological polar surface area (TPSA) is 66.5 Å². The lowest BCUT2D eigenvalue weighted by molar-refractivity contribution is -0.146. The van der Waals surface area contributed by atoms with Crippen LogP contribution in [-0.4, -0.2) is 38.3 Å². The van der Waals surface area contributed by atoms with Crippen molar-refractivity contribution < 1.29 is 14.4 Å². The number of rotatable bonds is 3. The van der Waals surface area contributed by atoms with Gasteiger partial charge < -0.3 is 5.32 Å². The highest BCUT2D eigenvalue weighted by Gasteiger charge is 2.67. The van der Waals surface area contributed by atoms with Gasteiger partial charge in [-0.3, -0.25) is 19.3 Å². The molecule has 7 atom stereocenters. The quantitative estimate of drug-likeness (QED) is 0.490. The molecule has 1 aliphatic heterocycles. The Morgan fingerprint density at radius 1 is 1.19 bits per heavy atom. The van der Waals surface area contributed by atoms with Crippen LogP contribution in [0.2, 0.25) is 5.02 Å². The first-order valence-corrected chi connectivity index (χ1v) is 11.2. The van der Waals surface area contributed by atoms with E-state index < -0.39 is 11.9 Å². The third-order valence-corrected chi connectivity index (χ3v) is 9.84. The summed E-state index contributed by atoms with van der Waals surface area (Å²) < 4.78 is 0. The number of benzene rings is 1. The first-order valence-electron chi connectivity index (χ1n) is 8.94. The van der Waals surface area contributed by atoms with Crippen molar-refractivity contribution in [2.75, 3.05) is 5.32 Å². The number of nitrogens with zero attached hydrogens (tertiary/aromatic N) is 1. The minimum absolute atomic E-state index is 0.136. The van der Waals surface area contributed by atoms with Crippen LogP contribution in [0, 0.1) is 30.6 Å². The van der Waals surface area contributed by atoms with Crippen molar-refractivity contribution in [3.63, 3.8) is 0 Å². The molecule has 144 valence electrons. The van der Waals surface area contributed by atoms with Crippen LogP contribution in [0.3, 0.4) is 0 Å². The van der Waals surface area contributed by atoms with E-state index >= 15 is 0 Å². The molecule has 0 radical (unpaired) electrons. The van der Waals surface area contributed by atoms with E-state index in [4.69, 9.17) is 11.6 Å². The molecule has 2 saturated carbocycles. The lowest BCUT2D eigenvalue weighted by Crippen LogP contribution is -2.46. The van der Waals surface area contributed by atoms with E-state index in [0.29, 0.717) is 10.7 Å². The number of fused-ring (bicyclic) bond motifs is 5. The predicted octanol–water partition coefficient (Wildman–Crippen LogP) is 3.75. The Hall–Kier alpha value is -0.920. The molecule has 3 aliphatic rings. The van der Waals surface area contributed by atoms with E-state index in [9.17, 15) is 14.4 Å². The summed E-state index contributed by atoms with van der Waals surface area (Å²) in [6, 6.07) is 4.36. The largest absolute Gasteiger partial charge is 0.324 e. The molecule has 4 rings (SSSR count). The van der Waals surface area contributed by atoms with Crippen LogP contribution < -0.4 is 5.32 Å². The number of imide groups is 1. The first-order chi connectivity index (χ1) is 12.7. The van der Waals surface area contributed by atoms with Crippen molar-refractivity contribution in [2.24, 2.45) is 23.7 Å². The molecule has 3 amide bonds. The minimum Gasteiger partial charge on any atom is -0.324 e. The Kier molecular flexibility index (Phi) is 4.92. The van der Waals surface area contributed by atoms with E-state index in [0.717, 1.165) is 12.0 Å². The minimum atomic E-state index is -0.863. The maximum absolute atomic E-state index is 13.0. The third-order valence-electron chi connectivity index (χ3n) is 6.23. The van der Waals surface area contributed by atoms with E-state index in [1.807, 2.05) is 13.0 Å². The number of halogens is 3. The summed E-state index contributed by atoms with van der Waals surface area (Å²) in [5.74, 6) is -1.19. The Morgan fingerprint density at radius 2 is 1.74 bits per heavy atom. The van der Waals surface area contributed by atoms with Gasteiger partial charge in [0.15, 0.2) is 0 Å². The number of amides is 3. The van der Waals surface area contributed by atoms with E-state index in [1.165, 1.54) is 4.90 Å². The van der Waals surface area contributed by atoms with Gasteiger partial charge in [0.1, 0.15) is 6.04 Å². The van der Waals surface area contributed by atoms with Crippen LogP contribution >= 0.6 is 43.5 Å². The first kappa shape index (κ1) is 19.4. The molecule has 5 nitrogen and oxygen atoms in total. The molecule has 0 unspecified atom stereocenters. The highest BCUT2D eigenvalue weighted by atomic mass is 79.9. The Morgan fingerprint density at radius 3 is 2.26 bits per heavy atom. The van der Waals surface area contributed by atoms with Crippen molar-refractivity contribution >= 4 is 66.9 Å². The smallest absolute Gasteiger partial charge is 0.247 e. The molecule has 2 bridgehead atoms. The number of anilines is 1. The van der Waals surface area contributed by atoms with Gasteiger partial charge in [0, 0.05) is 20.4 Å². The summed E-state index contributed by atoms with van der Waals surface area (Å²) in [7, 11) is 0. The zero-order valence-corrected chi connectivity index (χ0v) is 18.7. The Bertz CT molecular complexity index is 816. The molecule has 0 aromatic heterocycles. The van der Waals surface area contributed by atoms with Gasteiger partial charge in [0.25, 0.3) is 0 Å². The fourth-order valence-corrected chi connectivity index (χ4v) is 6.84. The van der Waals surface area contributed by atoms with Crippen molar-refractivity contribution in [1.29, 1.82) is 0 Å². The number of nitrogens with one attached hydrogen (secondary N) is 1. The number of aryl methyl sites for hydroxylation is 1. The molecular formula is C19H19Br2ClN2O3. The molecule has 27 heavy (non-hydrogen) atoms. The standard InChI is InChI=1S/C19H19Br2ClN2O3/c1-7-3-4-9(5-12(7)22)23-17(25)8(2)24-18(26)13-10-6-11(14(13)19(24)27)16(21)15(10)20/h3-5,8,10-11,13-16H,6H2,1-2H3,(H,23,25)/t8-,10+,11+,13+,14+,15-,16+/m1/s1. The molecular weight excluding hydrogens is 499 g/mol. The van der Waals surface area contributed by atoms with E-state index in [2.05, 4.69) is 37.2 Å². The number of carbonyl (C=O) groups is 3. The van der Waals surface area contributed by atoms with Crippen LogP contribution in [0.4, 0.5) is 5.69 Å². The van der Waals surface area contributed by atoms with Crippen molar-refractivity contribution in [3.05, 3.63) is 28.8 Å². The second kappa shape index (κ2) is 6.85. The highest BCUT2D eigenvalue weighted by molar-refractivity contribution is 9.12. The zero-order valence-electron chi connectivity index (χ0n) is 14.8. The van der Waals surface area contributed by atoms with Crippen LogP contribution in [0.5, 0.6) is 0 Å². The fourth-order valence-electron chi connectivity index (χ4n) is 4.79. The van der Waals surface area contributed by atoms with E-state index in [1.54, 1.807) is 19.1 Å². The third kappa shape index (κ3) is 2.88. The number of hydrogen-bond acceptors (Lipinski definition) is 3. The predicted molar refractivity (Wildman–Crippen MR) is 110 cm³/mol. The lowest BCUT2D eigenvalue weighted by atomic mass is 9.81. The average Bonchev–Trinajstić information content (AvgIpc) is 3.22. The number of carbonyl (C=O) groups excluding carboxylic acids is 3. The summed E-state index contributed by atoms with van der Waals surface area (Å²) in [5.41, 5.74) is 1.45. The van der Waals surface area contributed by atoms with Gasteiger partial charge in [-0.2, -0.15) is 0 Å². The molecule has 1 aromatic carbocycles. The molecule has 1 N–H and O–H groups in total. The average molecular weight is 519 g/mol. The van der Waals surface area contributed by atoms with Crippen LogP contribution in [0.1, 0.15) is 18.9 Å². The van der Waals surface area contributed by atoms with Crippen LogP contribution in [0.15, 0.2) is 18.2 Å². The summed E-state index contributed by atoms with van der Waals surface area (Å²) in [4.78, 5) is 40.2. The summed E-state index contributed by atoms with van der Waals surface area (Å²) >= 11 is 13.4. The van der Waals surface area contributed by atoms with Crippen molar-refractivity contribution in [2.45, 2.75) is 36.0 Å². The van der Waals surface area contributed by atoms with Crippen molar-refractivity contribution in [1.82, 2.24) is 4.90 Å². The van der Waals surface area contributed by atoms with E-state index in [-0.39, 0.29) is 45.1 Å². The molecule has 1 aromatic rings. The van der Waals surface area contributed by atoms with Gasteiger partial charge in [-0.15, -0.1) is 0 Å². The summed E-state index contributed by atoms with van der Waals surface area (Å²) in [6.07, 6.45) is 0.870. The van der Waals surface area contributed by atoms with Gasteiger partial charge in [-0.1, -0.05) is 49.5 Å². The maximum Gasteiger partial charge on any atom is 0.247 e. The molecule has 1 heterocycles. The maximum atomic E-state index is 13.0. The molecule has 8 heteroatoms. The van der Waals surface area contributed by atoms with Gasteiger partial charge in [0.05, 0.1) is 11.8 Å².